The van der Waals surface area contributed by atoms with Gasteiger partial charge in [-0.25, -0.2) is 13.8 Å². The molecule has 0 fully saturated rings. The minimum Gasteiger partial charge on any atom is -0.478 e. The molecule has 3 heterocycles. The number of rotatable bonds is 4. The molecule has 0 aliphatic carbocycles. The quantitative estimate of drug-likeness (QED) is 0.522. The summed E-state index contributed by atoms with van der Waals surface area (Å²) in [4.78, 5) is 19.5. The number of H-pyrrole nitrogens is 2. The number of hydrogen-bond acceptors (Lipinski definition) is 4. The maximum atomic E-state index is 13.5. The standard InChI is InChI=1S/C17H13F2N5O2/c1-2-26-15-5-13-9(6-21-15)16(24-23-13)17(25)22-14-7-20-12-4-11(19)10(18)3-8(12)14/h3-7,20H,2H2,1H3,(H,22,25)(H,23,24). The van der Waals surface area contributed by atoms with Crippen LogP contribution in [0.15, 0.2) is 30.6 Å². The van der Waals surface area contributed by atoms with Gasteiger partial charge in [0, 0.05) is 29.9 Å². The van der Waals surface area contributed by atoms with Crippen molar-refractivity contribution in [2.45, 2.75) is 6.92 Å². The fourth-order valence-corrected chi connectivity index (χ4v) is 2.70. The average molecular weight is 357 g/mol. The van der Waals surface area contributed by atoms with E-state index in [1.54, 1.807) is 6.07 Å². The summed E-state index contributed by atoms with van der Waals surface area (Å²) in [5.41, 5.74) is 1.42. The number of anilines is 1. The molecule has 26 heavy (non-hydrogen) atoms. The van der Waals surface area contributed by atoms with Gasteiger partial charge in [0.1, 0.15) is 0 Å². The van der Waals surface area contributed by atoms with E-state index in [-0.39, 0.29) is 5.69 Å². The van der Waals surface area contributed by atoms with Crippen LogP contribution in [0.4, 0.5) is 14.5 Å². The van der Waals surface area contributed by atoms with Gasteiger partial charge in [0.15, 0.2) is 17.3 Å². The minimum atomic E-state index is -0.995. The molecule has 0 saturated carbocycles. The lowest BCUT2D eigenvalue weighted by molar-refractivity contribution is 0.102. The molecule has 0 bridgehead atoms. The van der Waals surface area contributed by atoms with Gasteiger partial charge in [0.25, 0.3) is 5.91 Å². The van der Waals surface area contributed by atoms with E-state index in [4.69, 9.17) is 4.74 Å². The molecule has 0 radical (unpaired) electrons. The van der Waals surface area contributed by atoms with Crippen molar-refractivity contribution in [1.82, 2.24) is 20.2 Å². The Hall–Kier alpha value is -3.49. The number of halogens is 2. The Morgan fingerprint density at radius 3 is 2.81 bits per heavy atom. The van der Waals surface area contributed by atoms with Crippen LogP contribution in [0.25, 0.3) is 21.8 Å². The Labute approximate surface area is 145 Å². The third-order valence-electron chi connectivity index (χ3n) is 3.90. The molecule has 0 aliphatic heterocycles. The van der Waals surface area contributed by atoms with E-state index in [0.717, 1.165) is 12.1 Å². The molecule has 7 nitrogen and oxygen atoms in total. The zero-order valence-corrected chi connectivity index (χ0v) is 13.6. The van der Waals surface area contributed by atoms with Gasteiger partial charge < -0.3 is 15.0 Å². The van der Waals surface area contributed by atoms with Gasteiger partial charge in [-0.15, -0.1) is 0 Å². The van der Waals surface area contributed by atoms with Crippen molar-refractivity contribution in [3.8, 4) is 5.88 Å². The second kappa shape index (κ2) is 6.10. The van der Waals surface area contributed by atoms with Gasteiger partial charge in [-0.1, -0.05) is 0 Å². The van der Waals surface area contributed by atoms with Crippen molar-refractivity contribution in [2.75, 3.05) is 11.9 Å². The summed E-state index contributed by atoms with van der Waals surface area (Å²) in [6.45, 7) is 2.31. The van der Waals surface area contributed by atoms with Crippen molar-refractivity contribution >= 4 is 33.4 Å². The number of pyridine rings is 1. The number of aromatic amines is 2. The van der Waals surface area contributed by atoms with E-state index in [1.807, 2.05) is 6.92 Å². The van der Waals surface area contributed by atoms with Gasteiger partial charge >= 0.3 is 0 Å². The van der Waals surface area contributed by atoms with Gasteiger partial charge in [0.05, 0.1) is 28.7 Å². The first kappa shape index (κ1) is 16.0. The minimum absolute atomic E-state index is 0.132. The average Bonchev–Trinajstić information content (AvgIpc) is 3.20. The van der Waals surface area contributed by atoms with E-state index < -0.39 is 17.5 Å². The zero-order valence-electron chi connectivity index (χ0n) is 13.6. The molecule has 4 aromatic rings. The first-order chi connectivity index (χ1) is 12.6. The highest BCUT2D eigenvalue weighted by molar-refractivity contribution is 6.13. The summed E-state index contributed by atoms with van der Waals surface area (Å²) in [6.07, 6.45) is 2.95. The number of carbonyl (C=O) groups is 1. The zero-order chi connectivity index (χ0) is 18.3. The highest BCUT2D eigenvalue weighted by atomic mass is 19.2. The number of amides is 1. The number of nitrogens with zero attached hydrogens (tertiary/aromatic N) is 2. The van der Waals surface area contributed by atoms with Crippen LogP contribution in [-0.2, 0) is 0 Å². The molecule has 0 unspecified atom stereocenters. The molecule has 0 spiro atoms. The van der Waals surface area contributed by atoms with Crippen LogP contribution in [0.5, 0.6) is 5.88 Å². The molecule has 0 atom stereocenters. The number of nitrogens with one attached hydrogen (secondary N) is 3. The van der Waals surface area contributed by atoms with Crippen LogP contribution < -0.4 is 10.1 Å². The van der Waals surface area contributed by atoms with Crippen molar-refractivity contribution in [3.63, 3.8) is 0 Å². The molecular weight excluding hydrogens is 344 g/mol. The topological polar surface area (TPSA) is 95.7 Å². The Kier molecular flexibility index (Phi) is 3.76. The summed E-state index contributed by atoms with van der Waals surface area (Å²) in [5, 5.41) is 10.3. The van der Waals surface area contributed by atoms with Crippen LogP contribution in [0.1, 0.15) is 17.4 Å². The Morgan fingerprint density at radius 2 is 2.00 bits per heavy atom. The number of aromatic nitrogens is 4. The monoisotopic (exact) mass is 357 g/mol. The van der Waals surface area contributed by atoms with Crippen LogP contribution in [0.2, 0.25) is 0 Å². The van der Waals surface area contributed by atoms with E-state index >= 15 is 0 Å². The molecular formula is C17H13F2N5O2. The van der Waals surface area contributed by atoms with Gasteiger partial charge in [-0.05, 0) is 13.0 Å². The van der Waals surface area contributed by atoms with E-state index in [9.17, 15) is 13.6 Å². The third kappa shape index (κ3) is 2.63. The number of fused-ring (bicyclic) bond motifs is 2. The van der Waals surface area contributed by atoms with E-state index in [0.29, 0.717) is 40.0 Å². The summed E-state index contributed by atoms with van der Waals surface area (Å²) < 4.78 is 32.1. The molecule has 4 rings (SSSR count). The lowest BCUT2D eigenvalue weighted by Crippen LogP contribution is -2.12. The highest BCUT2D eigenvalue weighted by Gasteiger charge is 2.18. The maximum absolute atomic E-state index is 13.5. The summed E-state index contributed by atoms with van der Waals surface area (Å²) in [6, 6.07) is 3.70. The lowest BCUT2D eigenvalue weighted by Gasteiger charge is -2.03. The van der Waals surface area contributed by atoms with Crippen LogP contribution in [0, 0.1) is 11.6 Å². The van der Waals surface area contributed by atoms with E-state index in [2.05, 4.69) is 25.5 Å². The fourth-order valence-electron chi connectivity index (χ4n) is 2.70. The van der Waals surface area contributed by atoms with Crippen molar-refractivity contribution < 1.29 is 18.3 Å². The van der Waals surface area contributed by atoms with Gasteiger partial charge in [-0.2, -0.15) is 5.10 Å². The Bertz CT molecular complexity index is 1140. The number of benzene rings is 1. The lowest BCUT2D eigenvalue weighted by atomic mass is 10.2. The highest BCUT2D eigenvalue weighted by Crippen LogP contribution is 2.27. The van der Waals surface area contributed by atoms with Crippen LogP contribution in [-0.4, -0.2) is 32.7 Å². The van der Waals surface area contributed by atoms with Crippen molar-refractivity contribution in [2.24, 2.45) is 0 Å². The largest absolute Gasteiger partial charge is 0.478 e. The first-order valence-electron chi connectivity index (χ1n) is 7.81. The molecule has 0 saturated heterocycles. The van der Waals surface area contributed by atoms with Crippen LogP contribution >= 0.6 is 0 Å². The van der Waals surface area contributed by atoms with E-state index in [1.165, 1.54) is 12.4 Å². The number of hydrogen-bond donors (Lipinski definition) is 3. The molecule has 132 valence electrons. The number of ether oxygens (including phenoxy) is 1. The molecule has 0 aliphatic rings. The SMILES string of the molecule is CCOc1cc2[nH]nc(C(=O)Nc3c[nH]c4cc(F)c(F)cc34)c2cn1. The third-order valence-corrected chi connectivity index (χ3v) is 3.90. The Balaban J connectivity index is 1.66. The summed E-state index contributed by atoms with van der Waals surface area (Å²) in [5.74, 6) is -2.05. The predicted molar refractivity (Wildman–Crippen MR) is 91.2 cm³/mol. The first-order valence-corrected chi connectivity index (χ1v) is 7.81. The van der Waals surface area contributed by atoms with Crippen LogP contribution in [0.3, 0.4) is 0 Å². The summed E-state index contributed by atoms with van der Waals surface area (Å²) >= 11 is 0. The predicted octanol–water partition coefficient (Wildman–Crippen LogP) is 3.37. The summed E-state index contributed by atoms with van der Waals surface area (Å²) in [7, 11) is 0. The molecule has 3 N–H and O–H groups in total. The molecule has 9 heteroatoms. The Morgan fingerprint density at radius 1 is 1.19 bits per heavy atom. The maximum Gasteiger partial charge on any atom is 0.276 e. The fraction of sp³-hybridized carbons (Fsp3) is 0.118. The smallest absolute Gasteiger partial charge is 0.276 e. The molecule has 1 amide bonds. The second-order valence-electron chi connectivity index (χ2n) is 5.54. The molecule has 1 aromatic carbocycles. The van der Waals surface area contributed by atoms with Gasteiger partial charge in [-0.3, -0.25) is 9.89 Å². The number of carbonyl (C=O) groups excluding carboxylic acids is 1. The van der Waals surface area contributed by atoms with Gasteiger partial charge in [0.2, 0.25) is 5.88 Å². The second-order valence-corrected chi connectivity index (χ2v) is 5.54. The molecule has 3 aromatic heterocycles. The normalized spacial score (nSPS) is 11.2. The van der Waals surface area contributed by atoms with Crippen molar-refractivity contribution in [3.05, 3.63) is 47.9 Å². The van der Waals surface area contributed by atoms with Crippen molar-refractivity contribution in [1.29, 1.82) is 0 Å².